The molecule has 4 heteroatoms. The highest BCUT2D eigenvalue weighted by Crippen LogP contribution is 2.31. The van der Waals surface area contributed by atoms with Crippen LogP contribution in [0.25, 0.3) is 0 Å². The minimum atomic E-state index is -0.634. The van der Waals surface area contributed by atoms with Gasteiger partial charge in [-0.3, -0.25) is 9.59 Å². The predicted octanol–water partition coefficient (Wildman–Crippen LogP) is 3.30. The van der Waals surface area contributed by atoms with Gasteiger partial charge < -0.3 is 10.2 Å². The van der Waals surface area contributed by atoms with Crippen LogP contribution in [0.15, 0.2) is 54.6 Å². The molecule has 124 valence electrons. The summed E-state index contributed by atoms with van der Waals surface area (Å²) in [7, 11) is 0. The normalized spacial score (nSPS) is 15.1. The summed E-state index contributed by atoms with van der Waals surface area (Å²) in [6.07, 6.45) is 0. The molecule has 4 nitrogen and oxygen atoms in total. The van der Waals surface area contributed by atoms with E-state index in [0.29, 0.717) is 12.1 Å². The number of carbonyl (C=O) groups is 2. The Morgan fingerprint density at radius 2 is 1.67 bits per heavy atom. The van der Waals surface area contributed by atoms with Crippen LogP contribution in [0, 0.1) is 0 Å². The van der Waals surface area contributed by atoms with Crippen LogP contribution in [0.5, 0.6) is 0 Å². The van der Waals surface area contributed by atoms with E-state index in [1.165, 1.54) is 0 Å². The van der Waals surface area contributed by atoms with Gasteiger partial charge in [0.05, 0.1) is 0 Å². The molecule has 1 aliphatic heterocycles. The molecular formula is C20H22N2O2. The maximum atomic E-state index is 12.9. The Bertz CT molecular complexity index is 763. The lowest BCUT2D eigenvalue weighted by molar-refractivity contribution is -0.127. The Morgan fingerprint density at radius 3 is 2.29 bits per heavy atom. The molecule has 24 heavy (non-hydrogen) atoms. The van der Waals surface area contributed by atoms with Gasteiger partial charge in [-0.2, -0.15) is 0 Å². The summed E-state index contributed by atoms with van der Waals surface area (Å²) in [6, 6.07) is 16.4. The van der Waals surface area contributed by atoms with Crippen molar-refractivity contribution in [2.24, 2.45) is 0 Å². The van der Waals surface area contributed by atoms with E-state index in [1.54, 1.807) is 4.90 Å². The maximum absolute atomic E-state index is 12.9. The number of nitrogens with zero attached hydrogens (tertiary/aromatic N) is 1. The third-order valence-electron chi connectivity index (χ3n) is 4.02. The summed E-state index contributed by atoms with van der Waals surface area (Å²) in [5.41, 5.74) is 2.11. The average Bonchev–Trinajstić information content (AvgIpc) is 2.84. The number of hydrogen-bond donors (Lipinski definition) is 1. The zero-order chi connectivity index (χ0) is 17.3. The predicted molar refractivity (Wildman–Crippen MR) is 93.4 cm³/mol. The van der Waals surface area contributed by atoms with Crippen molar-refractivity contribution in [1.29, 1.82) is 0 Å². The molecule has 1 aliphatic rings. The summed E-state index contributed by atoms with van der Waals surface area (Å²) < 4.78 is 0. The Kier molecular flexibility index (Phi) is 4.14. The fourth-order valence-electron chi connectivity index (χ4n) is 3.03. The molecule has 3 rings (SSSR count). The highest BCUT2D eigenvalue weighted by atomic mass is 16.2. The number of amides is 2. The van der Waals surface area contributed by atoms with E-state index in [4.69, 9.17) is 0 Å². The molecule has 0 bridgehead atoms. The lowest BCUT2D eigenvalue weighted by atomic mass is 10.0. The van der Waals surface area contributed by atoms with Crippen molar-refractivity contribution < 1.29 is 9.59 Å². The summed E-state index contributed by atoms with van der Waals surface area (Å²) in [4.78, 5) is 27.4. The molecule has 2 aromatic carbocycles. The minimum absolute atomic E-state index is 0.0940. The fraction of sp³-hybridized carbons (Fsp3) is 0.300. The van der Waals surface area contributed by atoms with Crippen LogP contribution in [-0.4, -0.2) is 22.3 Å². The lowest BCUT2D eigenvalue weighted by Crippen LogP contribution is -2.47. The van der Waals surface area contributed by atoms with Crippen LogP contribution >= 0.6 is 0 Å². The second kappa shape index (κ2) is 6.11. The van der Waals surface area contributed by atoms with Crippen LogP contribution in [0.4, 0.5) is 0 Å². The van der Waals surface area contributed by atoms with Gasteiger partial charge >= 0.3 is 0 Å². The van der Waals surface area contributed by atoms with Crippen molar-refractivity contribution in [3.05, 3.63) is 71.3 Å². The molecule has 0 saturated carbocycles. The first kappa shape index (κ1) is 16.2. The molecule has 0 fully saturated rings. The number of hydrogen-bond acceptors (Lipinski definition) is 2. The highest BCUT2D eigenvalue weighted by Gasteiger charge is 2.37. The van der Waals surface area contributed by atoms with Gasteiger partial charge in [-0.25, -0.2) is 0 Å². The summed E-state index contributed by atoms with van der Waals surface area (Å²) in [5.74, 6) is -0.252. The van der Waals surface area contributed by atoms with E-state index in [2.05, 4.69) is 5.32 Å². The second-order valence-electron chi connectivity index (χ2n) is 7.14. The van der Waals surface area contributed by atoms with Crippen LogP contribution in [-0.2, 0) is 11.3 Å². The number of benzene rings is 2. The Morgan fingerprint density at radius 1 is 1.04 bits per heavy atom. The third kappa shape index (κ3) is 3.18. The van der Waals surface area contributed by atoms with Gasteiger partial charge in [0, 0.05) is 17.6 Å². The standard InChI is InChI=1S/C20H22N2O2/c1-20(2,3)21-18(23)17(14-9-5-4-6-10-14)22-13-15-11-7-8-12-16(15)19(22)24/h4-12,17H,13H2,1-3H3,(H,21,23)/t17-/m1/s1. The molecule has 2 amide bonds. The first-order chi connectivity index (χ1) is 11.4. The SMILES string of the molecule is CC(C)(C)NC(=O)[C@@H](c1ccccc1)N1Cc2ccccc2C1=O. The molecule has 0 aliphatic carbocycles. The summed E-state index contributed by atoms with van der Waals surface area (Å²) in [6.45, 7) is 6.26. The van der Waals surface area contributed by atoms with E-state index in [9.17, 15) is 9.59 Å². The van der Waals surface area contributed by atoms with Crippen molar-refractivity contribution in [3.63, 3.8) is 0 Å². The third-order valence-corrected chi connectivity index (χ3v) is 4.02. The number of rotatable bonds is 3. The fourth-order valence-corrected chi connectivity index (χ4v) is 3.03. The van der Waals surface area contributed by atoms with Crippen molar-refractivity contribution in [2.45, 2.75) is 38.9 Å². The number of fused-ring (bicyclic) bond motifs is 1. The summed E-state index contributed by atoms with van der Waals surface area (Å²) in [5, 5.41) is 3.01. The van der Waals surface area contributed by atoms with Gasteiger partial charge in [0.2, 0.25) is 5.91 Å². The van der Waals surface area contributed by atoms with E-state index in [0.717, 1.165) is 11.1 Å². The quantitative estimate of drug-likeness (QED) is 0.942. The Hall–Kier alpha value is -2.62. The molecule has 1 N–H and O–H groups in total. The zero-order valence-electron chi connectivity index (χ0n) is 14.2. The van der Waals surface area contributed by atoms with Crippen molar-refractivity contribution in [3.8, 4) is 0 Å². The molecule has 0 unspecified atom stereocenters. The molecular weight excluding hydrogens is 300 g/mol. The Labute approximate surface area is 142 Å². The number of nitrogens with one attached hydrogen (secondary N) is 1. The van der Waals surface area contributed by atoms with Gasteiger partial charge in [0.25, 0.3) is 5.91 Å². The minimum Gasteiger partial charge on any atom is -0.349 e. The monoisotopic (exact) mass is 322 g/mol. The molecule has 0 saturated heterocycles. The van der Waals surface area contributed by atoms with Gasteiger partial charge in [0.1, 0.15) is 6.04 Å². The van der Waals surface area contributed by atoms with E-state index in [-0.39, 0.29) is 17.4 Å². The summed E-state index contributed by atoms with van der Waals surface area (Å²) >= 11 is 0. The zero-order valence-corrected chi connectivity index (χ0v) is 14.2. The molecule has 2 aromatic rings. The average molecular weight is 322 g/mol. The molecule has 0 spiro atoms. The van der Waals surface area contributed by atoms with Crippen molar-refractivity contribution in [2.75, 3.05) is 0 Å². The van der Waals surface area contributed by atoms with Crippen LogP contribution in [0.2, 0.25) is 0 Å². The first-order valence-electron chi connectivity index (χ1n) is 8.13. The highest BCUT2D eigenvalue weighted by molar-refractivity contribution is 6.01. The topological polar surface area (TPSA) is 49.4 Å². The van der Waals surface area contributed by atoms with Crippen LogP contribution in [0.3, 0.4) is 0 Å². The molecule has 0 aromatic heterocycles. The largest absolute Gasteiger partial charge is 0.349 e. The van der Waals surface area contributed by atoms with E-state index < -0.39 is 6.04 Å². The van der Waals surface area contributed by atoms with Crippen LogP contribution in [0.1, 0.15) is 48.3 Å². The van der Waals surface area contributed by atoms with Crippen molar-refractivity contribution in [1.82, 2.24) is 10.2 Å². The van der Waals surface area contributed by atoms with Gasteiger partial charge in [0.15, 0.2) is 0 Å². The van der Waals surface area contributed by atoms with Gasteiger partial charge in [-0.05, 0) is 38.0 Å². The van der Waals surface area contributed by atoms with Crippen molar-refractivity contribution >= 4 is 11.8 Å². The van der Waals surface area contributed by atoms with Gasteiger partial charge in [-0.1, -0.05) is 48.5 Å². The first-order valence-corrected chi connectivity index (χ1v) is 8.13. The van der Waals surface area contributed by atoms with Crippen LogP contribution < -0.4 is 5.32 Å². The molecule has 0 radical (unpaired) electrons. The maximum Gasteiger partial charge on any atom is 0.255 e. The second-order valence-corrected chi connectivity index (χ2v) is 7.14. The Balaban J connectivity index is 1.98. The van der Waals surface area contributed by atoms with E-state index in [1.807, 2.05) is 75.4 Å². The smallest absolute Gasteiger partial charge is 0.255 e. The van der Waals surface area contributed by atoms with Gasteiger partial charge in [-0.15, -0.1) is 0 Å². The van der Waals surface area contributed by atoms with E-state index >= 15 is 0 Å². The lowest BCUT2D eigenvalue weighted by Gasteiger charge is -2.31. The number of carbonyl (C=O) groups excluding carboxylic acids is 2. The molecule has 1 atom stereocenters. The molecule has 1 heterocycles.